The van der Waals surface area contributed by atoms with Gasteiger partial charge in [0.25, 0.3) is 5.91 Å². The Morgan fingerprint density at radius 1 is 1.15 bits per heavy atom. The summed E-state index contributed by atoms with van der Waals surface area (Å²) < 4.78 is 19.1. The molecule has 3 aromatic rings. The molecule has 1 aliphatic rings. The second-order valence-corrected chi connectivity index (χ2v) is 7.94. The van der Waals surface area contributed by atoms with E-state index in [0.29, 0.717) is 25.4 Å². The molecule has 1 atom stereocenters. The van der Waals surface area contributed by atoms with Crippen molar-refractivity contribution in [1.29, 1.82) is 0 Å². The van der Waals surface area contributed by atoms with E-state index in [1.54, 1.807) is 36.3 Å². The summed E-state index contributed by atoms with van der Waals surface area (Å²) in [5.41, 5.74) is 4.43. The number of nitrogens with one attached hydrogen (secondary N) is 1. The van der Waals surface area contributed by atoms with Crippen molar-refractivity contribution in [1.82, 2.24) is 20.2 Å². The Bertz CT molecular complexity index is 1150. The summed E-state index contributed by atoms with van der Waals surface area (Å²) in [6.07, 6.45) is 1.51. The second kappa shape index (κ2) is 9.87. The zero-order valence-corrected chi connectivity index (χ0v) is 18.5. The van der Waals surface area contributed by atoms with E-state index < -0.39 is 0 Å². The van der Waals surface area contributed by atoms with Crippen molar-refractivity contribution in [2.45, 2.75) is 19.4 Å². The van der Waals surface area contributed by atoms with Crippen LogP contribution >= 0.6 is 0 Å². The van der Waals surface area contributed by atoms with E-state index in [2.05, 4.69) is 15.3 Å². The number of rotatable bonds is 5. The SMILES string of the molecule is CNC(=O)c1ccc(-c2cc(C)nc(C3CN(C(=O)Cc4ccc(F)cc4)CCO3)c2)cn1. The lowest BCUT2D eigenvalue weighted by molar-refractivity contribution is -0.138. The minimum atomic E-state index is -0.354. The summed E-state index contributed by atoms with van der Waals surface area (Å²) in [5, 5.41) is 2.56. The summed E-state index contributed by atoms with van der Waals surface area (Å²) in [6.45, 7) is 3.20. The van der Waals surface area contributed by atoms with E-state index in [4.69, 9.17) is 4.74 Å². The molecule has 0 saturated carbocycles. The summed E-state index contributed by atoms with van der Waals surface area (Å²) in [4.78, 5) is 35.2. The lowest BCUT2D eigenvalue weighted by atomic mass is 10.0. The summed E-state index contributed by atoms with van der Waals surface area (Å²) in [6, 6.07) is 13.4. The van der Waals surface area contributed by atoms with Crippen LogP contribution in [0.3, 0.4) is 0 Å². The smallest absolute Gasteiger partial charge is 0.269 e. The molecule has 170 valence electrons. The third kappa shape index (κ3) is 5.40. The standard InChI is InChI=1S/C25H25FN4O3/c1-16-11-19(18-5-8-21(28-14-18)25(32)27-2)13-22(29-16)23-15-30(9-10-33-23)24(31)12-17-3-6-20(26)7-4-17/h3-8,11,13-14,23H,9-10,12,15H2,1-2H3,(H,27,32). The van der Waals surface area contributed by atoms with Crippen molar-refractivity contribution < 1.29 is 18.7 Å². The number of benzene rings is 1. The quantitative estimate of drug-likeness (QED) is 0.649. The summed E-state index contributed by atoms with van der Waals surface area (Å²) >= 11 is 0. The number of halogens is 1. The van der Waals surface area contributed by atoms with Crippen LogP contribution in [0.2, 0.25) is 0 Å². The van der Waals surface area contributed by atoms with E-state index >= 15 is 0 Å². The van der Waals surface area contributed by atoms with Crippen LogP contribution < -0.4 is 5.32 Å². The first-order chi connectivity index (χ1) is 15.9. The number of ether oxygens (including phenoxy) is 1. The fourth-order valence-corrected chi connectivity index (χ4v) is 3.80. The van der Waals surface area contributed by atoms with E-state index in [1.165, 1.54) is 12.1 Å². The summed E-state index contributed by atoms with van der Waals surface area (Å²) in [5.74, 6) is -0.594. The molecule has 8 heteroatoms. The molecule has 0 radical (unpaired) electrons. The van der Waals surface area contributed by atoms with Gasteiger partial charge in [0.15, 0.2) is 0 Å². The van der Waals surface area contributed by atoms with Crippen molar-refractivity contribution in [3.8, 4) is 11.1 Å². The number of aromatic nitrogens is 2. The molecule has 2 amide bonds. The Hall–Kier alpha value is -3.65. The van der Waals surface area contributed by atoms with Crippen molar-refractivity contribution in [3.05, 3.63) is 83.2 Å². The zero-order valence-electron chi connectivity index (χ0n) is 18.5. The van der Waals surface area contributed by atoms with Crippen LogP contribution in [0.5, 0.6) is 0 Å². The van der Waals surface area contributed by atoms with Gasteiger partial charge in [0.2, 0.25) is 5.91 Å². The number of aryl methyl sites for hydroxylation is 1. The minimum absolute atomic E-state index is 0.0308. The summed E-state index contributed by atoms with van der Waals surface area (Å²) in [7, 11) is 1.56. The molecule has 4 rings (SSSR count). The van der Waals surface area contributed by atoms with E-state index in [9.17, 15) is 14.0 Å². The Balaban J connectivity index is 1.50. The molecule has 3 heterocycles. The first-order valence-corrected chi connectivity index (χ1v) is 10.7. The molecule has 1 aromatic carbocycles. The van der Waals surface area contributed by atoms with Crippen molar-refractivity contribution in [2.24, 2.45) is 0 Å². The fraction of sp³-hybridized carbons (Fsp3) is 0.280. The van der Waals surface area contributed by atoms with Gasteiger partial charge in [0.05, 0.1) is 25.3 Å². The number of carbonyl (C=O) groups is 2. The van der Waals surface area contributed by atoms with Gasteiger partial charge in [-0.15, -0.1) is 0 Å². The van der Waals surface area contributed by atoms with E-state index in [-0.39, 0.29) is 30.2 Å². The van der Waals surface area contributed by atoms with Crippen LogP contribution in [0, 0.1) is 12.7 Å². The highest BCUT2D eigenvalue weighted by atomic mass is 19.1. The number of amides is 2. The Labute approximate surface area is 191 Å². The highest BCUT2D eigenvalue weighted by molar-refractivity contribution is 5.92. The largest absolute Gasteiger partial charge is 0.368 e. The maximum Gasteiger partial charge on any atom is 0.269 e. The predicted molar refractivity (Wildman–Crippen MR) is 121 cm³/mol. The first-order valence-electron chi connectivity index (χ1n) is 10.7. The second-order valence-electron chi connectivity index (χ2n) is 7.94. The van der Waals surface area contributed by atoms with Gasteiger partial charge in [-0.05, 0) is 48.4 Å². The molecule has 33 heavy (non-hydrogen) atoms. The van der Waals surface area contributed by atoms with E-state index in [0.717, 1.165) is 28.1 Å². The number of pyridine rings is 2. The molecule has 0 spiro atoms. The van der Waals surface area contributed by atoms with Gasteiger partial charge in [-0.1, -0.05) is 18.2 Å². The van der Waals surface area contributed by atoms with Gasteiger partial charge in [-0.3, -0.25) is 19.6 Å². The topological polar surface area (TPSA) is 84.4 Å². The molecule has 2 aromatic heterocycles. The van der Waals surface area contributed by atoms with Gasteiger partial charge < -0.3 is 15.0 Å². The maximum atomic E-state index is 13.1. The third-order valence-corrected chi connectivity index (χ3v) is 5.55. The highest BCUT2D eigenvalue weighted by Crippen LogP contribution is 2.27. The average Bonchev–Trinajstić information content (AvgIpc) is 2.84. The molecular weight excluding hydrogens is 423 g/mol. The average molecular weight is 448 g/mol. The van der Waals surface area contributed by atoms with Gasteiger partial charge in [-0.2, -0.15) is 0 Å². The van der Waals surface area contributed by atoms with Crippen molar-refractivity contribution in [2.75, 3.05) is 26.7 Å². The molecule has 1 fully saturated rings. The molecule has 7 nitrogen and oxygen atoms in total. The highest BCUT2D eigenvalue weighted by Gasteiger charge is 2.27. The number of carbonyl (C=O) groups excluding carboxylic acids is 2. The van der Waals surface area contributed by atoms with Crippen LogP contribution in [-0.4, -0.2) is 53.4 Å². The van der Waals surface area contributed by atoms with Crippen LogP contribution in [0.15, 0.2) is 54.7 Å². The van der Waals surface area contributed by atoms with Gasteiger partial charge in [-0.25, -0.2) is 4.39 Å². The molecule has 1 aliphatic heterocycles. The number of nitrogens with zero attached hydrogens (tertiary/aromatic N) is 3. The van der Waals surface area contributed by atoms with Crippen molar-refractivity contribution >= 4 is 11.8 Å². The lowest BCUT2D eigenvalue weighted by Gasteiger charge is -2.33. The number of morpholine rings is 1. The maximum absolute atomic E-state index is 13.1. The van der Waals surface area contributed by atoms with Crippen molar-refractivity contribution in [3.63, 3.8) is 0 Å². The van der Waals surface area contributed by atoms with E-state index in [1.807, 2.05) is 25.1 Å². The molecule has 0 aliphatic carbocycles. The van der Waals surface area contributed by atoms with Crippen LogP contribution in [-0.2, 0) is 16.0 Å². The molecule has 1 saturated heterocycles. The van der Waals surface area contributed by atoms with Gasteiger partial charge >= 0.3 is 0 Å². The molecule has 1 unspecified atom stereocenters. The van der Waals surface area contributed by atoms with Crippen LogP contribution in [0.25, 0.3) is 11.1 Å². The number of hydrogen-bond donors (Lipinski definition) is 1. The van der Waals surface area contributed by atoms with Crippen LogP contribution in [0.1, 0.15) is 33.5 Å². The van der Waals surface area contributed by atoms with Crippen LogP contribution in [0.4, 0.5) is 4.39 Å². The molecule has 0 bridgehead atoms. The molecular formula is C25H25FN4O3. The van der Waals surface area contributed by atoms with Gasteiger partial charge in [0.1, 0.15) is 17.6 Å². The predicted octanol–water partition coefficient (Wildman–Crippen LogP) is 3.09. The minimum Gasteiger partial charge on any atom is -0.368 e. The number of hydrogen-bond acceptors (Lipinski definition) is 5. The monoisotopic (exact) mass is 448 g/mol. The first kappa shape index (κ1) is 22.5. The third-order valence-electron chi connectivity index (χ3n) is 5.55. The zero-order chi connectivity index (χ0) is 23.4. The fourth-order valence-electron chi connectivity index (χ4n) is 3.80. The normalized spacial score (nSPS) is 15.8. The molecule has 1 N–H and O–H groups in total. The Kier molecular flexibility index (Phi) is 6.74. The van der Waals surface area contributed by atoms with Gasteiger partial charge in [0, 0.05) is 31.0 Å². The Morgan fingerprint density at radius 3 is 2.64 bits per heavy atom. The Morgan fingerprint density at radius 2 is 1.94 bits per heavy atom. The lowest BCUT2D eigenvalue weighted by Crippen LogP contribution is -2.43.